The van der Waals surface area contributed by atoms with E-state index in [1.54, 1.807) is 6.20 Å². The minimum Gasteiger partial charge on any atom is -0.444 e. The summed E-state index contributed by atoms with van der Waals surface area (Å²) < 4.78 is 6.32. The third-order valence-corrected chi connectivity index (χ3v) is 3.18. The first-order chi connectivity index (χ1) is 9.54. The number of rotatable bonds is 5. The second kappa shape index (κ2) is 6.67. The van der Waals surface area contributed by atoms with Crippen LogP contribution in [0.1, 0.15) is 24.6 Å². The molecule has 20 heavy (non-hydrogen) atoms. The van der Waals surface area contributed by atoms with Crippen molar-refractivity contribution >= 4 is 27.5 Å². The average molecular weight is 338 g/mol. The number of hydrogen-bond acceptors (Lipinski definition) is 4. The van der Waals surface area contributed by atoms with Gasteiger partial charge in [-0.15, -0.1) is 0 Å². The van der Waals surface area contributed by atoms with Crippen LogP contribution in [0.2, 0.25) is 0 Å². The van der Waals surface area contributed by atoms with Gasteiger partial charge in [0, 0.05) is 10.2 Å². The van der Waals surface area contributed by atoms with Crippen LogP contribution in [-0.4, -0.2) is 17.4 Å². The number of nitrogens with one attached hydrogen (secondary N) is 2. The first-order valence-electron chi connectivity index (χ1n) is 6.26. The van der Waals surface area contributed by atoms with Crippen LogP contribution in [-0.2, 0) is 4.79 Å². The molecule has 0 spiro atoms. The fourth-order valence-electron chi connectivity index (χ4n) is 1.68. The Morgan fingerprint density at radius 1 is 1.50 bits per heavy atom. The lowest BCUT2D eigenvalue weighted by atomic mass is 10.3. The van der Waals surface area contributed by atoms with Crippen molar-refractivity contribution in [3.63, 3.8) is 0 Å². The lowest BCUT2D eigenvalue weighted by Gasteiger charge is -2.10. The number of aryl methyl sites for hydroxylation is 1. The maximum Gasteiger partial charge on any atom is 0.238 e. The van der Waals surface area contributed by atoms with E-state index in [9.17, 15) is 4.79 Å². The SMILES string of the molecule is Cc1cnc(C(C)NCC(=O)Nc2cccc(Br)c2)o1. The molecule has 2 N–H and O–H groups in total. The summed E-state index contributed by atoms with van der Waals surface area (Å²) in [5, 5.41) is 5.88. The number of oxazole rings is 1. The normalized spacial score (nSPS) is 12.2. The van der Waals surface area contributed by atoms with Gasteiger partial charge in [-0.1, -0.05) is 22.0 Å². The molecular weight excluding hydrogens is 322 g/mol. The van der Waals surface area contributed by atoms with E-state index in [4.69, 9.17) is 4.42 Å². The van der Waals surface area contributed by atoms with Crippen molar-refractivity contribution in [1.29, 1.82) is 0 Å². The van der Waals surface area contributed by atoms with Gasteiger partial charge in [0.2, 0.25) is 11.8 Å². The van der Waals surface area contributed by atoms with E-state index in [1.807, 2.05) is 38.1 Å². The van der Waals surface area contributed by atoms with E-state index in [1.165, 1.54) is 0 Å². The number of halogens is 1. The van der Waals surface area contributed by atoms with E-state index >= 15 is 0 Å². The van der Waals surface area contributed by atoms with Gasteiger partial charge in [-0.05, 0) is 32.0 Å². The Morgan fingerprint density at radius 3 is 2.95 bits per heavy atom. The van der Waals surface area contributed by atoms with Crippen LogP contribution < -0.4 is 10.6 Å². The quantitative estimate of drug-likeness (QED) is 0.879. The Kier molecular flexibility index (Phi) is 4.92. The predicted molar refractivity (Wildman–Crippen MR) is 80.4 cm³/mol. The van der Waals surface area contributed by atoms with Gasteiger partial charge >= 0.3 is 0 Å². The molecule has 106 valence electrons. The maximum atomic E-state index is 11.8. The highest BCUT2D eigenvalue weighted by Gasteiger charge is 2.12. The van der Waals surface area contributed by atoms with Crippen LogP contribution in [0.5, 0.6) is 0 Å². The van der Waals surface area contributed by atoms with Gasteiger partial charge in [0.15, 0.2) is 0 Å². The molecule has 2 aromatic rings. The third kappa shape index (κ3) is 4.18. The number of benzene rings is 1. The van der Waals surface area contributed by atoms with Crippen molar-refractivity contribution in [1.82, 2.24) is 10.3 Å². The largest absolute Gasteiger partial charge is 0.444 e. The Labute approximate surface area is 125 Å². The van der Waals surface area contributed by atoms with Gasteiger partial charge in [0.1, 0.15) is 5.76 Å². The van der Waals surface area contributed by atoms with Gasteiger partial charge < -0.3 is 9.73 Å². The zero-order chi connectivity index (χ0) is 14.5. The molecule has 0 bridgehead atoms. The Bertz CT molecular complexity index is 598. The first kappa shape index (κ1) is 14.7. The van der Waals surface area contributed by atoms with Crippen molar-refractivity contribution < 1.29 is 9.21 Å². The molecule has 0 aliphatic heterocycles. The molecule has 1 atom stereocenters. The molecule has 1 heterocycles. The number of hydrogen-bond donors (Lipinski definition) is 2. The Balaban J connectivity index is 1.83. The number of amides is 1. The second-order valence-electron chi connectivity index (χ2n) is 4.47. The number of nitrogens with zero attached hydrogens (tertiary/aromatic N) is 1. The Hall–Kier alpha value is -1.66. The highest BCUT2D eigenvalue weighted by Crippen LogP contribution is 2.15. The van der Waals surface area contributed by atoms with Crippen LogP contribution in [0.4, 0.5) is 5.69 Å². The molecule has 0 aliphatic rings. The summed E-state index contributed by atoms with van der Waals surface area (Å²) >= 11 is 3.36. The zero-order valence-corrected chi connectivity index (χ0v) is 12.9. The van der Waals surface area contributed by atoms with E-state index in [0.717, 1.165) is 15.9 Å². The zero-order valence-electron chi connectivity index (χ0n) is 11.3. The van der Waals surface area contributed by atoms with E-state index in [0.29, 0.717) is 5.89 Å². The summed E-state index contributed by atoms with van der Waals surface area (Å²) in [6.45, 7) is 3.93. The van der Waals surface area contributed by atoms with E-state index in [-0.39, 0.29) is 18.5 Å². The van der Waals surface area contributed by atoms with Gasteiger partial charge in [-0.3, -0.25) is 10.1 Å². The van der Waals surface area contributed by atoms with Crippen LogP contribution >= 0.6 is 15.9 Å². The number of carbonyl (C=O) groups excluding carboxylic acids is 1. The Morgan fingerprint density at radius 2 is 2.30 bits per heavy atom. The van der Waals surface area contributed by atoms with Gasteiger partial charge in [-0.2, -0.15) is 0 Å². The lowest BCUT2D eigenvalue weighted by Crippen LogP contribution is -2.30. The lowest BCUT2D eigenvalue weighted by molar-refractivity contribution is -0.115. The molecule has 0 radical (unpaired) electrons. The van der Waals surface area contributed by atoms with Gasteiger partial charge in [-0.25, -0.2) is 4.98 Å². The molecule has 1 amide bonds. The first-order valence-corrected chi connectivity index (χ1v) is 7.05. The van der Waals surface area contributed by atoms with E-state index < -0.39 is 0 Å². The molecule has 1 aromatic heterocycles. The number of carbonyl (C=O) groups is 1. The van der Waals surface area contributed by atoms with Crippen LogP contribution in [0.3, 0.4) is 0 Å². The molecule has 1 unspecified atom stereocenters. The van der Waals surface area contributed by atoms with Gasteiger partial charge in [0.25, 0.3) is 0 Å². The molecule has 1 aromatic carbocycles. The average Bonchev–Trinajstić information content (AvgIpc) is 2.83. The predicted octanol–water partition coefficient (Wildman–Crippen LogP) is 3.03. The van der Waals surface area contributed by atoms with Crippen molar-refractivity contribution in [2.75, 3.05) is 11.9 Å². The van der Waals surface area contributed by atoms with Crippen molar-refractivity contribution in [2.45, 2.75) is 19.9 Å². The van der Waals surface area contributed by atoms with Crippen molar-refractivity contribution in [3.05, 3.63) is 46.6 Å². The molecule has 2 rings (SSSR count). The van der Waals surface area contributed by atoms with Gasteiger partial charge in [0.05, 0.1) is 18.8 Å². The highest BCUT2D eigenvalue weighted by molar-refractivity contribution is 9.10. The molecule has 5 nitrogen and oxygen atoms in total. The second-order valence-corrected chi connectivity index (χ2v) is 5.39. The maximum absolute atomic E-state index is 11.8. The molecule has 6 heteroatoms. The molecule has 0 saturated carbocycles. The van der Waals surface area contributed by atoms with Crippen LogP contribution in [0.15, 0.2) is 39.4 Å². The fraction of sp³-hybridized carbons (Fsp3) is 0.286. The smallest absolute Gasteiger partial charge is 0.238 e. The topological polar surface area (TPSA) is 67.2 Å². The van der Waals surface area contributed by atoms with E-state index in [2.05, 4.69) is 31.5 Å². The fourth-order valence-corrected chi connectivity index (χ4v) is 2.08. The molecular formula is C14H16BrN3O2. The van der Waals surface area contributed by atoms with Crippen molar-refractivity contribution in [3.8, 4) is 0 Å². The molecule has 0 fully saturated rings. The summed E-state index contributed by atoms with van der Waals surface area (Å²) in [4.78, 5) is 15.9. The monoisotopic (exact) mass is 337 g/mol. The summed E-state index contributed by atoms with van der Waals surface area (Å²) in [6.07, 6.45) is 1.66. The summed E-state index contributed by atoms with van der Waals surface area (Å²) in [6, 6.07) is 7.34. The summed E-state index contributed by atoms with van der Waals surface area (Å²) in [7, 11) is 0. The molecule has 0 aliphatic carbocycles. The summed E-state index contributed by atoms with van der Waals surface area (Å²) in [5.41, 5.74) is 0.755. The van der Waals surface area contributed by atoms with Crippen LogP contribution in [0, 0.1) is 6.92 Å². The van der Waals surface area contributed by atoms with Crippen LogP contribution in [0.25, 0.3) is 0 Å². The molecule has 0 saturated heterocycles. The third-order valence-electron chi connectivity index (χ3n) is 2.69. The standard InChI is InChI=1S/C14H16BrN3O2/c1-9-7-17-14(20-9)10(2)16-8-13(19)18-12-5-3-4-11(15)6-12/h3-7,10,16H,8H2,1-2H3,(H,18,19). The minimum absolute atomic E-state index is 0.113. The van der Waals surface area contributed by atoms with Crippen molar-refractivity contribution in [2.24, 2.45) is 0 Å². The highest BCUT2D eigenvalue weighted by atomic mass is 79.9. The minimum atomic E-state index is -0.114. The summed E-state index contributed by atoms with van der Waals surface area (Å²) in [5.74, 6) is 1.23. The number of aromatic nitrogens is 1. The number of anilines is 1.